The highest BCUT2D eigenvalue weighted by atomic mass is 32.1. The predicted octanol–water partition coefficient (Wildman–Crippen LogP) is 4.33. The highest BCUT2D eigenvalue weighted by Gasteiger charge is 2.28. The van der Waals surface area contributed by atoms with Crippen LogP contribution >= 0.6 is 11.3 Å². The van der Waals surface area contributed by atoms with Gasteiger partial charge < -0.3 is 5.11 Å². The Hall–Kier alpha value is -2.40. The van der Waals surface area contributed by atoms with Gasteiger partial charge in [0.05, 0.1) is 16.1 Å². The minimum absolute atomic E-state index is 0.0396. The van der Waals surface area contributed by atoms with Crippen molar-refractivity contribution in [3.63, 3.8) is 0 Å². The van der Waals surface area contributed by atoms with Crippen molar-refractivity contribution in [3.05, 3.63) is 34.3 Å². The zero-order chi connectivity index (χ0) is 17.9. The summed E-state index contributed by atoms with van der Waals surface area (Å²) in [6, 6.07) is 6.75. The van der Waals surface area contributed by atoms with Gasteiger partial charge in [-0.3, -0.25) is 4.79 Å². The number of carbonyl (C=O) groups is 1. The van der Waals surface area contributed by atoms with Gasteiger partial charge in [-0.25, -0.2) is 4.98 Å². The molecule has 4 nitrogen and oxygen atoms in total. The first kappa shape index (κ1) is 17.9. The smallest absolute Gasteiger partial charge is 0.379 e. The number of rotatable bonds is 1. The number of hydrogen-bond donors (Lipinski definition) is 1. The molecule has 1 aromatic carbocycles. The lowest BCUT2D eigenvalue weighted by Crippen LogP contribution is -2.18. The van der Waals surface area contributed by atoms with E-state index in [0.29, 0.717) is 0 Å². The lowest BCUT2D eigenvalue weighted by Gasteiger charge is -2.14. The lowest BCUT2D eigenvalue weighted by molar-refractivity contribution is 0.00818. The van der Waals surface area contributed by atoms with E-state index in [1.165, 1.54) is 17.4 Å². The Morgan fingerprint density at radius 1 is 1.42 bits per heavy atom. The maximum absolute atomic E-state index is 12.1. The summed E-state index contributed by atoms with van der Waals surface area (Å²) >= 11 is 1.37. The molecule has 126 valence electrons. The first-order chi connectivity index (χ1) is 11.3. The fraction of sp³-hybridized carbons (Fsp3) is 0.312. The van der Waals surface area contributed by atoms with Crippen LogP contribution in [-0.2, 0) is 6.42 Å². The van der Waals surface area contributed by atoms with Crippen LogP contribution in [0.4, 0.5) is 13.2 Å². The van der Waals surface area contributed by atoms with Crippen molar-refractivity contribution in [2.24, 2.45) is 5.92 Å². The zero-order valence-corrected chi connectivity index (χ0v) is 13.4. The summed E-state index contributed by atoms with van der Waals surface area (Å²) in [5.74, 6) is 0.182. The van der Waals surface area contributed by atoms with Gasteiger partial charge >= 0.3 is 6.68 Å². The molecule has 24 heavy (non-hydrogen) atoms. The quantitative estimate of drug-likeness (QED) is 0.827. The molecule has 1 aliphatic rings. The van der Waals surface area contributed by atoms with Crippen LogP contribution in [0.1, 0.15) is 34.3 Å². The number of benzene rings is 1. The van der Waals surface area contributed by atoms with E-state index in [9.17, 15) is 23.1 Å². The second kappa shape index (κ2) is 7.45. The number of aromatic nitrogens is 1. The molecule has 1 aromatic heterocycles. The molecule has 0 fully saturated rings. The number of hydrogen-bond acceptors (Lipinski definition) is 5. The first-order valence-corrected chi connectivity index (χ1v) is 7.84. The van der Waals surface area contributed by atoms with Gasteiger partial charge in [0.1, 0.15) is 16.8 Å². The fourth-order valence-electron chi connectivity index (χ4n) is 2.30. The SMILES string of the molecule is CC1CCc2nc(-c3ccc(O)c(C#N)c3)sc2C1=O.FC(F)F. The van der Waals surface area contributed by atoms with Crippen LogP contribution in [0.15, 0.2) is 18.2 Å². The van der Waals surface area contributed by atoms with Crippen LogP contribution in [-0.4, -0.2) is 22.6 Å². The molecule has 1 aliphatic carbocycles. The molecular formula is C16H13F3N2O2S. The number of phenolic OH excluding ortho intramolecular Hbond substituents is 1. The summed E-state index contributed by atoms with van der Waals surface area (Å²) in [4.78, 5) is 17.4. The van der Waals surface area contributed by atoms with Crippen LogP contribution in [0.3, 0.4) is 0 Å². The van der Waals surface area contributed by atoms with Crippen molar-refractivity contribution in [3.8, 4) is 22.4 Å². The minimum Gasteiger partial charge on any atom is -0.507 e. The molecule has 1 unspecified atom stereocenters. The van der Waals surface area contributed by atoms with Crippen molar-refractivity contribution in [1.29, 1.82) is 5.26 Å². The number of aryl methyl sites for hydroxylation is 1. The van der Waals surface area contributed by atoms with E-state index in [1.54, 1.807) is 12.1 Å². The molecule has 1 atom stereocenters. The van der Waals surface area contributed by atoms with Gasteiger partial charge in [0.15, 0.2) is 5.78 Å². The molecular weight excluding hydrogens is 341 g/mol. The topological polar surface area (TPSA) is 74.0 Å². The number of Topliss-reactive ketones (excluding diaryl/α,β-unsaturated/α-hetero) is 1. The largest absolute Gasteiger partial charge is 0.507 e. The minimum atomic E-state index is -3.67. The molecule has 1 N–H and O–H groups in total. The lowest BCUT2D eigenvalue weighted by atomic mass is 9.92. The molecule has 0 spiro atoms. The average Bonchev–Trinajstić information content (AvgIpc) is 2.96. The summed E-state index contributed by atoms with van der Waals surface area (Å²) in [5.41, 5.74) is 1.84. The third-order valence-electron chi connectivity index (χ3n) is 3.55. The molecule has 8 heteroatoms. The van der Waals surface area contributed by atoms with Crippen LogP contribution in [0.5, 0.6) is 5.75 Å². The molecule has 0 saturated heterocycles. The number of fused-ring (bicyclic) bond motifs is 1. The number of thiazole rings is 1. The second-order valence-corrected chi connectivity index (χ2v) is 6.19. The van der Waals surface area contributed by atoms with E-state index in [2.05, 4.69) is 4.98 Å². The summed E-state index contributed by atoms with van der Waals surface area (Å²) in [6.45, 7) is -1.72. The third-order valence-corrected chi connectivity index (χ3v) is 4.71. The number of alkyl halides is 3. The van der Waals surface area contributed by atoms with E-state index < -0.39 is 6.68 Å². The number of ketones is 1. The van der Waals surface area contributed by atoms with Crippen molar-refractivity contribution in [2.75, 3.05) is 0 Å². The normalized spacial score (nSPS) is 16.2. The van der Waals surface area contributed by atoms with Crippen molar-refractivity contribution in [2.45, 2.75) is 26.4 Å². The Labute approximate surface area is 140 Å². The fourth-order valence-corrected chi connectivity index (χ4v) is 3.47. The van der Waals surface area contributed by atoms with Crippen molar-refractivity contribution < 1.29 is 23.1 Å². The number of carbonyl (C=O) groups excluding carboxylic acids is 1. The van der Waals surface area contributed by atoms with Crippen LogP contribution in [0.2, 0.25) is 0 Å². The Bertz CT molecular complexity index is 796. The summed E-state index contributed by atoms with van der Waals surface area (Å²) in [7, 11) is 0. The van der Waals surface area contributed by atoms with E-state index in [0.717, 1.165) is 34.0 Å². The predicted molar refractivity (Wildman–Crippen MR) is 82.9 cm³/mol. The van der Waals surface area contributed by atoms with Gasteiger partial charge in [-0.2, -0.15) is 18.4 Å². The standard InChI is InChI=1S/C15H12N2O2S.CHF3/c1-8-2-4-11-14(13(8)19)20-15(17-11)9-3-5-12(18)10(6-9)7-16;2-1(3)4/h3,5-6,8,18H,2,4H2,1H3;1H. The summed E-state index contributed by atoms with van der Waals surface area (Å²) in [6.07, 6.45) is 1.66. The molecule has 0 amide bonds. The van der Waals surface area contributed by atoms with E-state index >= 15 is 0 Å². The van der Waals surface area contributed by atoms with E-state index in [4.69, 9.17) is 5.26 Å². The second-order valence-electron chi connectivity index (χ2n) is 5.19. The van der Waals surface area contributed by atoms with Crippen molar-refractivity contribution >= 4 is 17.1 Å². The van der Waals surface area contributed by atoms with Crippen LogP contribution < -0.4 is 0 Å². The van der Waals surface area contributed by atoms with Crippen molar-refractivity contribution in [1.82, 2.24) is 4.98 Å². The molecule has 3 rings (SSSR count). The highest BCUT2D eigenvalue weighted by Crippen LogP contribution is 2.35. The molecule has 2 aromatic rings. The molecule has 0 saturated carbocycles. The molecule has 1 heterocycles. The van der Waals surface area contributed by atoms with Gasteiger partial charge in [0.2, 0.25) is 0 Å². The molecule has 0 bridgehead atoms. The number of nitriles is 1. The summed E-state index contributed by atoms with van der Waals surface area (Å²) in [5, 5.41) is 19.2. The van der Waals surface area contributed by atoms with Gasteiger partial charge in [0.25, 0.3) is 0 Å². The highest BCUT2D eigenvalue weighted by molar-refractivity contribution is 7.17. The van der Waals surface area contributed by atoms with Crippen LogP contribution in [0, 0.1) is 17.2 Å². The number of phenols is 1. The monoisotopic (exact) mass is 354 g/mol. The first-order valence-electron chi connectivity index (χ1n) is 7.03. The maximum Gasteiger partial charge on any atom is 0.379 e. The Kier molecular flexibility index (Phi) is 5.57. The number of nitrogens with zero attached hydrogens (tertiary/aromatic N) is 2. The Morgan fingerprint density at radius 3 is 2.71 bits per heavy atom. The molecule has 0 radical (unpaired) electrons. The number of aromatic hydroxyl groups is 1. The molecule has 0 aliphatic heterocycles. The van der Waals surface area contributed by atoms with Gasteiger partial charge in [-0.15, -0.1) is 11.3 Å². The average molecular weight is 354 g/mol. The third kappa shape index (κ3) is 3.92. The van der Waals surface area contributed by atoms with Gasteiger partial charge in [-0.1, -0.05) is 6.92 Å². The van der Waals surface area contributed by atoms with Crippen LogP contribution in [0.25, 0.3) is 10.6 Å². The zero-order valence-electron chi connectivity index (χ0n) is 12.6. The van der Waals surface area contributed by atoms with E-state index in [-0.39, 0.29) is 23.0 Å². The Balaban J connectivity index is 0.000000471. The van der Waals surface area contributed by atoms with Gasteiger partial charge in [0, 0.05) is 11.5 Å². The summed E-state index contributed by atoms with van der Waals surface area (Å²) < 4.78 is 29.0. The Morgan fingerprint density at radius 2 is 2.08 bits per heavy atom. The van der Waals surface area contributed by atoms with E-state index in [1.807, 2.05) is 13.0 Å². The van der Waals surface area contributed by atoms with Gasteiger partial charge in [-0.05, 0) is 31.0 Å². The maximum atomic E-state index is 12.1. The number of halogens is 3.